The Labute approximate surface area is 141 Å². The van der Waals surface area contributed by atoms with Crippen LogP contribution in [0, 0.1) is 0 Å². The van der Waals surface area contributed by atoms with Crippen molar-refractivity contribution in [1.29, 1.82) is 0 Å². The van der Waals surface area contributed by atoms with Gasteiger partial charge in [0, 0.05) is 44.0 Å². The van der Waals surface area contributed by atoms with Crippen LogP contribution in [0.2, 0.25) is 0 Å². The molecule has 6 heteroatoms. The molecule has 0 bridgehead atoms. The van der Waals surface area contributed by atoms with Crippen LogP contribution < -0.4 is 5.32 Å². The van der Waals surface area contributed by atoms with Crippen molar-refractivity contribution in [3.8, 4) is 5.69 Å². The van der Waals surface area contributed by atoms with E-state index in [1.807, 2.05) is 54.6 Å². The van der Waals surface area contributed by atoms with Gasteiger partial charge in [-0.1, -0.05) is 18.2 Å². The standard InChI is InChI=1S/C18H21N5O/c1-22-16(7-9-21-22)18-15(8-12-24-18)20-13-17-19-10-11-23(17)14-5-3-2-4-6-14/h2-7,9-11,15,18,20H,8,12-13H2,1H3/t15-,18-/m0/s1. The number of para-hydroxylation sites is 1. The van der Waals surface area contributed by atoms with Gasteiger partial charge in [-0.2, -0.15) is 5.10 Å². The molecule has 1 aromatic carbocycles. The first-order chi connectivity index (χ1) is 11.8. The summed E-state index contributed by atoms with van der Waals surface area (Å²) in [6.45, 7) is 1.46. The van der Waals surface area contributed by atoms with Gasteiger partial charge in [-0.05, 0) is 24.6 Å². The Balaban J connectivity index is 1.48. The lowest BCUT2D eigenvalue weighted by molar-refractivity contribution is 0.0918. The predicted molar refractivity (Wildman–Crippen MR) is 90.7 cm³/mol. The summed E-state index contributed by atoms with van der Waals surface area (Å²) in [7, 11) is 1.95. The number of ether oxygens (including phenoxy) is 1. The zero-order valence-corrected chi connectivity index (χ0v) is 13.7. The summed E-state index contributed by atoms with van der Waals surface area (Å²) in [5, 5.41) is 7.86. The lowest BCUT2D eigenvalue weighted by atomic mass is 10.1. The average molecular weight is 323 g/mol. The molecular weight excluding hydrogens is 302 g/mol. The molecule has 1 aliphatic heterocycles. The fraction of sp³-hybridized carbons (Fsp3) is 0.333. The summed E-state index contributed by atoms with van der Waals surface area (Å²) >= 11 is 0. The number of hydrogen-bond acceptors (Lipinski definition) is 4. The fourth-order valence-corrected chi connectivity index (χ4v) is 3.26. The first-order valence-corrected chi connectivity index (χ1v) is 8.23. The molecule has 4 rings (SSSR count). The van der Waals surface area contributed by atoms with Crippen LogP contribution in [0.4, 0.5) is 0 Å². The number of imidazole rings is 1. The van der Waals surface area contributed by atoms with E-state index in [0.717, 1.165) is 30.2 Å². The van der Waals surface area contributed by atoms with Gasteiger partial charge in [-0.3, -0.25) is 4.68 Å². The van der Waals surface area contributed by atoms with E-state index in [1.54, 1.807) is 0 Å². The molecule has 1 saturated heterocycles. The second kappa shape index (κ2) is 6.59. The van der Waals surface area contributed by atoms with Crippen molar-refractivity contribution in [2.75, 3.05) is 6.61 Å². The molecule has 6 nitrogen and oxygen atoms in total. The third kappa shape index (κ3) is 2.86. The Hall–Kier alpha value is -2.44. The number of aryl methyl sites for hydroxylation is 1. The molecular formula is C18H21N5O. The predicted octanol–water partition coefficient (Wildman–Crippen LogP) is 2.23. The number of rotatable bonds is 5. The molecule has 24 heavy (non-hydrogen) atoms. The number of hydrogen-bond donors (Lipinski definition) is 1. The summed E-state index contributed by atoms with van der Waals surface area (Å²) in [5.74, 6) is 0.997. The number of nitrogens with zero attached hydrogens (tertiary/aromatic N) is 4. The molecule has 2 aromatic heterocycles. The smallest absolute Gasteiger partial charge is 0.127 e. The number of benzene rings is 1. The molecule has 3 heterocycles. The van der Waals surface area contributed by atoms with Crippen molar-refractivity contribution >= 4 is 0 Å². The second-order valence-electron chi connectivity index (χ2n) is 6.00. The molecule has 3 aromatic rings. The van der Waals surface area contributed by atoms with E-state index in [0.29, 0.717) is 6.54 Å². The molecule has 0 radical (unpaired) electrons. The highest BCUT2D eigenvalue weighted by Gasteiger charge is 2.31. The van der Waals surface area contributed by atoms with Crippen molar-refractivity contribution in [3.05, 3.63) is 66.5 Å². The molecule has 1 N–H and O–H groups in total. The summed E-state index contributed by atoms with van der Waals surface area (Å²) in [6, 6.07) is 12.6. The molecule has 1 fully saturated rings. The molecule has 0 saturated carbocycles. The second-order valence-corrected chi connectivity index (χ2v) is 6.00. The Morgan fingerprint density at radius 3 is 2.88 bits per heavy atom. The molecule has 0 unspecified atom stereocenters. The van der Waals surface area contributed by atoms with Crippen LogP contribution in [0.25, 0.3) is 5.69 Å². The first kappa shape index (κ1) is 15.1. The summed E-state index contributed by atoms with van der Waals surface area (Å²) in [6.07, 6.45) is 6.68. The van der Waals surface area contributed by atoms with E-state index in [2.05, 4.69) is 32.1 Å². The van der Waals surface area contributed by atoms with Crippen LogP contribution in [-0.4, -0.2) is 32.0 Å². The zero-order valence-electron chi connectivity index (χ0n) is 13.7. The van der Waals surface area contributed by atoms with Crippen molar-refractivity contribution in [2.24, 2.45) is 7.05 Å². The highest BCUT2D eigenvalue weighted by Crippen LogP contribution is 2.28. The summed E-state index contributed by atoms with van der Waals surface area (Å²) in [4.78, 5) is 4.50. The van der Waals surface area contributed by atoms with E-state index in [4.69, 9.17) is 4.74 Å². The molecule has 2 atom stereocenters. The van der Waals surface area contributed by atoms with Gasteiger partial charge >= 0.3 is 0 Å². The van der Waals surface area contributed by atoms with Crippen LogP contribution in [0.3, 0.4) is 0 Å². The van der Waals surface area contributed by atoms with Crippen molar-refractivity contribution < 1.29 is 4.74 Å². The van der Waals surface area contributed by atoms with Gasteiger partial charge in [0.15, 0.2) is 0 Å². The average Bonchev–Trinajstić information content (AvgIpc) is 3.33. The minimum Gasteiger partial charge on any atom is -0.370 e. The van der Waals surface area contributed by atoms with E-state index in [9.17, 15) is 0 Å². The van der Waals surface area contributed by atoms with Gasteiger partial charge in [0.25, 0.3) is 0 Å². The monoisotopic (exact) mass is 323 g/mol. The van der Waals surface area contributed by atoms with Gasteiger partial charge in [0.2, 0.25) is 0 Å². The quantitative estimate of drug-likeness (QED) is 0.782. The van der Waals surface area contributed by atoms with Gasteiger partial charge in [-0.15, -0.1) is 0 Å². The summed E-state index contributed by atoms with van der Waals surface area (Å²) < 4.78 is 9.92. The number of aromatic nitrogens is 4. The first-order valence-electron chi connectivity index (χ1n) is 8.23. The van der Waals surface area contributed by atoms with Gasteiger partial charge in [0.05, 0.1) is 12.2 Å². The maximum absolute atomic E-state index is 5.93. The van der Waals surface area contributed by atoms with Gasteiger partial charge in [-0.25, -0.2) is 4.98 Å². The SMILES string of the molecule is Cn1nccc1[C@H]1OCC[C@@H]1NCc1nccn1-c1ccccc1. The minimum atomic E-state index is 0.0395. The lowest BCUT2D eigenvalue weighted by Gasteiger charge is -2.20. The van der Waals surface area contributed by atoms with E-state index < -0.39 is 0 Å². The zero-order chi connectivity index (χ0) is 16.4. The van der Waals surface area contributed by atoms with Crippen LogP contribution in [-0.2, 0) is 18.3 Å². The van der Waals surface area contributed by atoms with Gasteiger partial charge < -0.3 is 14.6 Å². The van der Waals surface area contributed by atoms with Gasteiger partial charge in [0.1, 0.15) is 11.9 Å². The third-order valence-corrected chi connectivity index (χ3v) is 4.52. The number of nitrogens with one attached hydrogen (secondary N) is 1. The fourth-order valence-electron chi connectivity index (χ4n) is 3.26. The normalized spacial score (nSPS) is 20.5. The third-order valence-electron chi connectivity index (χ3n) is 4.52. The molecule has 0 spiro atoms. The maximum Gasteiger partial charge on any atom is 0.127 e. The van der Waals surface area contributed by atoms with Crippen molar-refractivity contribution in [3.63, 3.8) is 0 Å². The molecule has 124 valence electrons. The molecule has 0 aliphatic carbocycles. The Morgan fingerprint density at radius 1 is 1.21 bits per heavy atom. The molecule has 1 aliphatic rings. The van der Waals surface area contributed by atoms with E-state index >= 15 is 0 Å². The van der Waals surface area contributed by atoms with Crippen LogP contribution in [0.15, 0.2) is 55.0 Å². The van der Waals surface area contributed by atoms with Crippen LogP contribution in [0.1, 0.15) is 24.0 Å². The van der Waals surface area contributed by atoms with Crippen LogP contribution >= 0.6 is 0 Å². The molecule has 0 amide bonds. The van der Waals surface area contributed by atoms with Crippen molar-refractivity contribution in [2.45, 2.75) is 25.1 Å². The Bertz CT molecular complexity index is 795. The maximum atomic E-state index is 5.93. The van der Waals surface area contributed by atoms with E-state index in [1.165, 1.54) is 0 Å². The summed E-state index contributed by atoms with van der Waals surface area (Å²) in [5.41, 5.74) is 2.23. The highest BCUT2D eigenvalue weighted by atomic mass is 16.5. The lowest BCUT2D eigenvalue weighted by Crippen LogP contribution is -2.33. The van der Waals surface area contributed by atoms with Crippen molar-refractivity contribution in [1.82, 2.24) is 24.6 Å². The van der Waals surface area contributed by atoms with Crippen LogP contribution in [0.5, 0.6) is 0 Å². The van der Waals surface area contributed by atoms with E-state index in [-0.39, 0.29) is 12.1 Å². The largest absolute Gasteiger partial charge is 0.370 e. The Kier molecular flexibility index (Phi) is 4.15. The highest BCUT2D eigenvalue weighted by molar-refractivity contribution is 5.32. The topological polar surface area (TPSA) is 56.9 Å². The Morgan fingerprint density at radius 2 is 2.08 bits per heavy atom. The minimum absolute atomic E-state index is 0.0395.